The number of carbonyl (C=O) groups is 1. The van der Waals surface area contributed by atoms with Crippen LogP contribution in [0, 0.1) is 11.6 Å². The Kier molecular flexibility index (Phi) is 5.39. The molecule has 0 spiro atoms. The summed E-state index contributed by atoms with van der Waals surface area (Å²) in [7, 11) is 0. The second-order valence-corrected chi connectivity index (χ2v) is 7.42. The molecule has 1 aliphatic carbocycles. The molecule has 150 valence electrons. The smallest absolute Gasteiger partial charge is 0.227 e. The molecular weight excluding hydrogens is 368 g/mol. The van der Waals surface area contributed by atoms with Crippen LogP contribution in [0.15, 0.2) is 22.7 Å². The monoisotopic (exact) mass is 391 g/mol. The molecule has 1 saturated carbocycles. The summed E-state index contributed by atoms with van der Waals surface area (Å²) in [5.74, 6) is -0.376. The summed E-state index contributed by atoms with van der Waals surface area (Å²) in [4.78, 5) is 18.5. The number of carbonyl (C=O) groups excluding carboxylic acids is 1. The van der Waals surface area contributed by atoms with E-state index >= 15 is 0 Å². The Morgan fingerprint density at radius 2 is 1.93 bits per heavy atom. The lowest BCUT2D eigenvalue weighted by molar-refractivity contribution is -0.135. The molecule has 28 heavy (non-hydrogen) atoms. The zero-order valence-electron chi connectivity index (χ0n) is 15.6. The summed E-state index contributed by atoms with van der Waals surface area (Å²) < 4.78 is 38.5. The number of amides is 1. The van der Waals surface area contributed by atoms with Gasteiger partial charge >= 0.3 is 0 Å². The van der Waals surface area contributed by atoms with Crippen molar-refractivity contribution in [3.8, 4) is 0 Å². The second kappa shape index (κ2) is 7.95. The fourth-order valence-corrected chi connectivity index (χ4v) is 4.21. The van der Waals surface area contributed by atoms with Gasteiger partial charge in [0.25, 0.3) is 0 Å². The van der Waals surface area contributed by atoms with Crippen molar-refractivity contribution >= 4 is 5.91 Å². The number of morpholine rings is 1. The van der Waals surface area contributed by atoms with Crippen LogP contribution in [0.4, 0.5) is 8.78 Å². The zero-order chi connectivity index (χ0) is 19.6. The number of hydrogen-bond acceptors (Lipinski definition) is 5. The van der Waals surface area contributed by atoms with Crippen LogP contribution in [0.1, 0.15) is 49.4 Å². The first-order valence-electron chi connectivity index (χ1n) is 9.73. The minimum atomic E-state index is -0.701. The molecule has 6 nitrogen and oxygen atoms in total. The molecule has 2 heterocycles. The Morgan fingerprint density at radius 3 is 2.64 bits per heavy atom. The first kappa shape index (κ1) is 19.0. The van der Waals surface area contributed by atoms with E-state index in [1.807, 2.05) is 0 Å². The third-order valence-electron chi connectivity index (χ3n) is 5.72. The van der Waals surface area contributed by atoms with E-state index in [0.29, 0.717) is 62.8 Å². The molecular formula is C20H23F2N3O3. The van der Waals surface area contributed by atoms with Crippen LogP contribution in [-0.2, 0) is 21.4 Å². The van der Waals surface area contributed by atoms with E-state index in [-0.39, 0.29) is 12.3 Å². The van der Waals surface area contributed by atoms with Gasteiger partial charge in [0.15, 0.2) is 5.82 Å². The predicted molar refractivity (Wildman–Crippen MR) is 95.6 cm³/mol. The van der Waals surface area contributed by atoms with Crippen LogP contribution in [-0.4, -0.2) is 47.3 Å². The number of benzene rings is 1. The van der Waals surface area contributed by atoms with Crippen molar-refractivity contribution in [1.29, 1.82) is 0 Å². The predicted octanol–water partition coefficient (Wildman–Crippen LogP) is 3.00. The van der Waals surface area contributed by atoms with Gasteiger partial charge in [0.1, 0.15) is 11.6 Å². The fraction of sp³-hybridized carbons (Fsp3) is 0.550. The van der Waals surface area contributed by atoms with Crippen molar-refractivity contribution in [2.75, 3.05) is 26.3 Å². The highest BCUT2D eigenvalue weighted by Crippen LogP contribution is 2.46. The summed E-state index contributed by atoms with van der Waals surface area (Å²) in [5, 5.41) is 4.11. The number of hydrogen-bond donors (Lipinski definition) is 0. The largest absolute Gasteiger partial charge is 0.378 e. The molecule has 0 N–H and O–H groups in total. The molecule has 1 aromatic carbocycles. The van der Waals surface area contributed by atoms with Gasteiger partial charge in [-0.15, -0.1) is 0 Å². The van der Waals surface area contributed by atoms with E-state index in [0.717, 1.165) is 18.9 Å². The molecule has 0 bridgehead atoms. The molecule has 8 heteroatoms. The summed E-state index contributed by atoms with van der Waals surface area (Å²) in [6.45, 7) is 2.31. The van der Waals surface area contributed by atoms with Crippen molar-refractivity contribution in [2.45, 2.75) is 43.9 Å². The highest BCUT2D eigenvalue weighted by atomic mass is 19.1. The molecule has 4 rings (SSSR count). The van der Waals surface area contributed by atoms with E-state index in [1.54, 1.807) is 4.90 Å². The molecule has 1 amide bonds. The standard InChI is InChI=1S/C20H23F2N3O3/c21-14-3-4-15(16(22)13-14)20(7-1-2-8-20)19-23-17(28-24-19)5-6-18(26)25-9-11-27-12-10-25/h3-4,13H,1-2,5-12H2. The molecule has 0 unspecified atom stereocenters. The number of ether oxygens (including phenoxy) is 1. The zero-order valence-corrected chi connectivity index (χ0v) is 15.6. The summed E-state index contributed by atoms with van der Waals surface area (Å²) in [6.07, 6.45) is 3.81. The molecule has 1 saturated heterocycles. The number of halogens is 2. The van der Waals surface area contributed by atoms with E-state index in [1.165, 1.54) is 12.1 Å². The quantitative estimate of drug-likeness (QED) is 0.784. The lowest BCUT2D eigenvalue weighted by atomic mass is 9.78. The number of aryl methyl sites for hydroxylation is 1. The third kappa shape index (κ3) is 3.65. The van der Waals surface area contributed by atoms with Crippen LogP contribution in [0.5, 0.6) is 0 Å². The summed E-state index contributed by atoms with van der Waals surface area (Å²) >= 11 is 0. The Labute approximate surface area is 161 Å². The van der Waals surface area contributed by atoms with Crippen molar-refractivity contribution in [3.05, 3.63) is 47.1 Å². The maximum absolute atomic E-state index is 14.5. The van der Waals surface area contributed by atoms with Gasteiger partial charge in [-0.25, -0.2) is 8.78 Å². The normalized spacial score (nSPS) is 19.1. The van der Waals surface area contributed by atoms with Gasteiger partial charge in [0.05, 0.1) is 18.6 Å². The lowest BCUT2D eigenvalue weighted by Crippen LogP contribution is -2.40. The third-order valence-corrected chi connectivity index (χ3v) is 5.72. The maximum atomic E-state index is 14.5. The van der Waals surface area contributed by atoms with Crippen LogP contribution in [0.3, 0.4) is 0 Å². The maximum Gasteiger partial charge on any atom is 0.227 e. The van der Waals surface area contributed by atoms with Gasteiger partial charge in [-0.1, -0.05) is 24.1 Å². The van der Waals surface area contributed by atoms with E-state index in [2.05, 4.69) is 10.1 Å². The molecule has 2 aromatic rings. The number of nitrogens with zero attached hydrogens (tertiary/aromatic N) is 3. The second-order valence-electron chi connectivity index (χ2n) is 7.42. The average Bonchev–Trinajstić information content (AvgIpc) is 3.37. The molecule has 1 aliphatic heterocycles. The first-order chi connectivity index (χ1) is 13.6. The van der Waals surface area contributed by atoms with Crippen LogP contribution < -0.4 is 0 Å². The Bertz CT molecular complexity index is 843. The SMILES string of the molecule is O=C(CCc1nc(C2(c3ccc(F)cc3F)CCCC2)no1)N1CCOCC1. The Morgan fingerprint density at radius 1 is 1.18 bits per heavy atom. The highest BCUT2D eigenvalue weighted by Gasteiger charge is 2.43. The van der Waals surface area contributed by atoms with E-state index < -0.39 is 17.0 Å². The van der Waals surface area contributed by atoms with Gasteiger partial charge in [-0.05, 0) is 18.9 Å². The van der Waals surface area contributed by atoms with Gasteiger partial charge < -0.3 is 14.2 Å². The Balaban J connectivity index is 1.50. The topological polar surface area (TPSA) is 68.5 Å². The molecule has 0 radical (unpaired) electrons. The van der Waals surface area contributed by atoms with Crippen LogP contribution >= 0.6 is 0 Å². The van der Waals surface area contributed by atoms with Gasteiger partial charge in [0.2, 0.25) is 11.8 Å². The molecule has 2 aliphatic rings. The van der Waals surface area contributed by atoms with Gasteiger partial charge in [0, 0.05) is 37.6 Å². The first-order valence-corrected chi connectivity index (χ1v) is 9.73. The summed E-state index contributed by atoms with van der Waals surface area (Å²) in [5.41, 5.74) is -0.295. The number of rotatable bonds is 5. The lowest BCUT2D eigenvalue weighted by Gasteiger charge is -2.26. The minimum absolute atomic E-state index is 0.0307. The van der Waals surface area contributed by atoms with Gasteiger partial charge in [-0.3, -0.25) is 4.79 Å². The molecule has 1 aromatic heterocycles. The average molecular weight is 391 g/mol. The minimum Gasteiger partial charge on any atom is -0.378 e. The fourth-order valence-electron chi connectivity index (χ4n) is 4.21. The van der Waals surface area contributed by atoms with Crippen molar-refractivity contribution < 1.29 is 22.8 Å². The van der Waals surface area contributed by atoms with E-state index in [9.17, 15) is 13.6 Å². The van der Waals surface area contributed by atoms with Crippen molar-refractivity contribution in [3.63, 3.8) is 0 Å². The van der Waals surface area contributed by atoms with E-state index in [4.69, 9.17) is 9.26 Å². The molecule has 0 atom stereocenters. The van der Waals surface area contributed by atoms with Gasteiger partial charge in [-0.2, -0.15) is 4.98 Å². The Hall–Kier alpha value is -2.35. The molecule has 2 fully saturated rings. The van der Waals surface area contributed by atoms with Crippen LogP contribution in [0.25, 0.3) is 0 Å². The van der Waals surface area contributed by atoms with Crippen molar-refractivity contribution in [2.24, 2.45) is 0 Å². The van der Waals surface area contributed by atoms with Crippen molar-refractivity contribution in [1.82, 2.24) is 15.0 Å². The van der Waals surface area contributed by atoms with Crippen LogP contribution in [0.2, 0.25) is 0 Å². The highest BCUT2D eigenvalue weighted by molar-refractivity contribution is 5.76. The number of aromatic nitrogens is 2. The summed E-state index contributed by atoms with van der Waals surface area (Å²) in [6, 6.07) is 3.64.